The molecule has 1 aromatic carbocycles. The summed E-state index contributed by atoms with van der Waals surface area (Å²) in [5.41, 5.74) is 0.0737. The van der Waals surface area contributed by atoms with Crippen LogP contribution in [0, 0.1) is 0 Å². The lowest BCUT2D eigenvalue weighted by Crippen LogP contribution is -2.35. The minimum atomic E-state index is -3.58. The van der Waals surface area contributed by atoms with Crippen LogP contribution in [-0.2, 0) is 28.7 Å². The van der Waals surface area contributed by atoms with Crippen molar-refractivity contribution in [1.82, 2.24) is 20.3 Å². The van der Waals surface area contributed by atoms with Crippen molar-refractivity contribution in [1.29, 1.82) is 0 Å². The number of hydrogen-bond donors (Lipinski definition) is 4. The number of carbonyl (C=O) groups excluding carboxylic acids is 1. The van der Waals surface area contributed by atoms with Gasteiger partial charge < -0.3 is 30.1 Å². The Balaban J connectivity index is 1.23. The Bertz CT molecular complexity index is 1820. The third-order valence-corrected chi connectivity index (χ3v) is 9.08. The number of halogens is 4. The van der Waals surface area contributed by atoms with Crippen LogP contribution in [-0.4, -0.2) is 64.6 Å². The van der Waals surface area contributed by atoms with Gasteiger partial charge in [-0.3, -0.25) is 14.0 Å². The first-order valence-electron chi connectivity index (χ1n) is 13.0. The number of aromatic nitrogens is 3. The van der Waals surface area contributed by atoms with Crippen LogP contribution in [0.15, 0.2) is 58.0 Å². The summed E-state index contributed by atoms with van der Waals surface area (Å²) >= 11 is 3.35. The molecule has 2 aliphatic rings. The van der Waals surface area contributed by atoms with Gasteiger partial charge in [-0.05, 0) is 42.5 Å². The maximum Gasteiger partial charge on any atom is 0.453 e. The van der Waals surface area contributed by atoms with Gasteiger partial charge in [0.15, 0.2) is 5.75 Å². The molecule has 1 amide bonds. The number of ether oxygens (including phenoxy) is 2. The van der Waals surface area contributed by atoms with Crippen molar-refractivity contribution in [2.75, 3.05) is 6.61 Å². The van der Waals surface area contributed by atoms with Crippen molar-refractivity contribution in [2.45, 2.75) is 48.0 Å². The molecule has 4 N–H and O–H groups in total. The Morgan fingerprint density at radius 3 is 2.61 bits per heavy atom. The quantitative estimate of drug-likeness (QED) is 0.211. The average molecular weight is 695 g/mol. The molecule has 3 atom stereocenters. The van der Waals surface area contributed by atoms with Gasteiger partial charge in [-0.1, -0.05) is 15.9 Å². The number of amides is 1. The van der Waals surface area contributed by atoms with Gasteiger partial charge in [0.2, 0.25) is 5.50 Å². The summed E-state index contributed by atoms with van der Waals surface area (Å²) < 4.78 is 64.8. The fourth-order valence-electron chi connectivity index (χ4n) is 4.68. The summed E-state index contributed by atoms with van der Waals surface area (Å²) in [6.45, 7) is -0.274. The summed E-state index contributed by atoms with van der Waals surface area (Å²) in [6.07, 6.45) is -2.56. The van der Waals surface area contributed by atoms with Crippen LogP contribution in [0.5, 0.6) is 5.75 Å². The molecule has 16 heteroatoms. The second-order valence-corrected chi connectivity index (χ2v) is 12.6. The molecule has 1 aliphatic heterocycles. The van der Waals surface area contributed by atoms with Gasteiger partial charge in [-0.2, -0.15) is 0 Å². The third kappa shape index (κ3) is 6.31. The van der Waals surface area contributed by atoms with E-state index in [0.29, 0.717) is 32.3 Å². The first-order chi connectivity index (χ1) is 20.8. The lowest BCUT2D eigenvalue weighted by Gasteiger charge is -2.18. The second-order valence-electron chi connectivity index (χ2n) is 10.2. The minimum absolute atomic E-state index is 0.0102. The minimum Gasteiger partial charge on any atom is -0.415 e. The second kappa shape index (κ2) is 11.4. The van der Waals surface area contributed by atoms with Crippen LogP contribution >= 0.6 is 15.9 Å². The number of pyridine rings is 3. The number of nitrogens with zero attached hydrogens (tertiary/aromatic N) is 3. The van der Waals surface area contributed by atoms with Gasteiger partial charge in [0.1, 0.15) is 0 Å². The van der Waals surface area contributed by atoms with Crippen molar-refractivity contribution in [3.05, 3.63) is 75.6 Å². The first-order valence-corrected chi connectivity index (χ1v) is 15.0. The van der Waals surface area contributed by atoms with Crippen LogP contribution in [0.25, 0.3) is 22.3 Å². The third-order valence-electron chi connectivity index (χ3n) is 6.97. The lowest BCUT2D eigenvalue weighted by molar-refractivity contribution is -0.419. The summed E-state index contributed by atoms with van der Waals surface area (Å²) in [6, 6.07) is 10.4. The molecule has 4 heterocycles. The van der Waals surface area contributed by atoms with Crippen molar-refractivity contribution in [3.8, 4) is 17.1 Å². The molecule has 3 unspecified atom stereocenters. The summed E-state index contributed by atoms with van der Waals surface area (Å²) in [5.74, 6) is -5.34. The largest absolute Gasteiger partial charge is 0.453 e. The molecule has 0 saturated heterocycles. The Labute approximate surface area is 257 Å². The monoisotopic (exact) mass is 694 g/mol. The molecule has 44 heavy (non-hydrogen) atoms. The Hall–Kier alpha value is -3.54. The highest BCUT2D eigenvalue weighted by molar-refractivity contribution is 9.10. The number of carbonyl (C=O) groups is 1. The average Bonchev–Trinajstić information content (AvgIpc) is 3.64. The highest BCUT2D eigenvalue weighted by Crippen LogP contribution is 2.57. The molecule has 6 rings (SSSR count). The highest BCUT2D eigenvalue weighted by Gasteiger charge is 2.60. The van der Waals surface area contributed by atoms with E-state index in [-0.39, 0.29) is 41.6 Å². The molecule has 0 radical (unpaired) electrons. The van der Waals surface area contributed by atoms with Crippen LogP contribution < -0.4 is 10.1 Å². The van der Waals surface area contributed by atoms with Crippen molar-refractivity contribution < 1.29 is 47.0 Å². The zero-order valence-electron chi connectivity index (χ0n) is 22.3. The number of nitrogens with one attached hydrogen (secondary N) is 1. The summed E-state index contributed by atoms with van der Waals surface area (Å²) in [4.78, 5) is 26.3. The predicted molar refractivity (Wildman–Crippen MR) is 151 cm³/mol. The zero-order valence-corrected chi connectivity index (χ0v) is 24.7. The number of rotatable bonds is 7. The SMILES string of the molecule is O=C(NCc1cc2nc(-c3ccc(OC(O)(O)O)c(C4CC4(F)F)n3)ccc2cn1)c1cc(Br)c2c(c1)S(=O)C(F)COC2. The molecule has 3 aromatic heterocycles. The van der Waals surface area contributed by atoms with E-state index in [1.807, 2.05) is 0 Å². The highest BCUT2D eigenvalue weighted by atomic mass is 79.9. The topological polar surface area (TPSA) is 164 Å². The zero-order chi connectivity index (χ0) is 31.4. The molecule has 0 bridgehead atoms. The Morgan fingerprint density at radius 1 is 1.16 bits per heavy atom. The van der Waals surface area contributed by atoms with E-state index in [0.717, 1.165) is 0 Å². The van der Waals surface area contributed by atoms with Crippen molar-refractivity contribution in [3.63, 3.8) is 0 Å². The van der Waals surface area contributed by atoms with Gasteiger partial charge in [0.05, 0.1) is 64.8 Å². The van der Waals surface area contributed by atoms with E-state index < -0.39 is 52.4 Å². The molecule has 230 valence electrons. The maximum absolute atomic E-state index is 14.2. The summed E-state index contributed by atoms with van der Waals surface area (Å²) in [5, 5.41) is 30.9. The normalized spacial score (nSPS) is 20.9. The van der Waals surface area contributed by atoms with E-state index >= 15 is 0 Å². The lowest BCUT2D eigenvalue weighted by atomic mass is 10.1. The standard InChI is InChI=1S/C28H22BrF3N4O7S/c29-18-5-14(6-23-16(18)11-42-12-24(30)44(23)41)26(37)34-10-15-7-21-13(9-33-15)1-2-19(35-21)20-3-4-22(43-28(38,39)40)25(36-20)17-8-27(17,31)32/h1-7,9,17,24,38-40H,8,10-12H2,(H,34,37). The molecule has 4 aromatic rings. The van der Waals surface area contributed by atoms with Gasteiger partial charge in [-0.25, -0.2) is 23.1 Å². The first kappa shape index (κ1) is 30.5. The van der Waals surface area contributed by atoms with E-state index in [4.69, 9.17) is 4.74 Å². The van der Waals surface area contributed by atoms with Gasteiger partial charge in [0.25, 0.3) is 11.8 Å². The van der Waals surface area contributed by atoms with E-state index in [9.17, 15) is 37.5 Å². The Morgan fingerprint density at radius 2 is 1.89 bits per heavy atom. The van der Waals surface area contributed by atoms with Gasteiger partial charge in [-0.15, -0.1) is 0 Å². The molecular formula is C28H22BrF3N4O7S. The molecule has 1 saturated carbocycles. The van der Waals surface area contributed by atoms with Crippen LogP contribution in [0.4, 0.5) is 13.2 Å². The molecule has 1 fully saturated rings. The molecule has 0 spiro atoms. The number of hydrogen-bond acceptors (Lipinski definition) is 10. The number of alkyl halides is 3. The van der Waals surface area contributed by atoms with Crippen molar-refractivity contribution in [2.24, 2.45) is 0 Å². The molecule has 1 aliphatic carbocycles. The predicted octanol–water partition coefficient (Wildman–Crippen LogP) is 3.41. The Kier molecular flexibility index (Phi) is 7.92. The maximum atomic E-state index is 14.2. The molecule has 11 nitrogen and oxygen atoms in total. The smallest absolute Gasteiger partial charge is 0.415 e. The van der Waals surface area contributed by atoms with Gasteiger partial charge >= 0.3 is 6.16 Å². The van der Waals surface area contributed by atoms with E-state index in [1.165, 1.54) is 24.3 Å². The van der Waals surface area contributed by atoms with E-state index in [2.05, 4.69) is 40.9 Å². The fraction of sp³-hybridized carbons (Fsp3) is 0.286. The number of fused-ring (bicyclic) bond motifs is 2. The van der Waals surface area contributed by atoms with Crippen LogP contribution in [0.2, 0.25) is 0 Å². The van der Waals surface area contributed by atoms with E-state index in [1.54, 1.807) is 24.4 Å². The number of aliphatic hydroxyl groups is 3. The van der Waals surface area contributed by atoms with Crippen molar-refractivity contribution >= 4 is 43.5 Å². The summed E-state index contributed by atoms with van der Waals surface area (Å²) in [7, 11) is -2.00. The van der Waals surface area contributed by atoms with Crippen LogP contribution in [0.1, 0.15) is 39.6 Å². The number of benzene rings is 1. The van der Waals surface area contributed by atoms with Crippen LogP contribution in [0.3, 0.4) is 0 Å². The molecular weight excluding hydrogens is 673 g/mol. The van der Waals surface area contributed by atoms with Gasteiger partial charge in [0, 0.05) is 38.5 Å². The fourth-order valence-corrected chi connectivity index (χ4v) is 6.54.